The number of aromatic nitrogens is 2. The number of halogens is 1. The predicted molar refractivity (Wildman–Crippen MR) is 57.6 cm³/mol. The largest absolute Gasteiger partial charge is 0.370 e. The number of nitrogens with one attached hydrogen (secondary N) is 1. The molecule has 1 N–H and O–H groups in total. The molecule has 0 unspecified atom stereocenters. The third-order valence-electron chi connectivity index (χ3n) is 2.27. The van der Waals surface area contributed by atoms with Crippen LogP contribution in [0.4, 0.5) is 5.82 Å². The van der Waals surface area contributed by atoms with Gasteiger partial charge in [-0.2, -0.15) is 0 Å². The Morgan fingerprint density at radius 1 is 1.50 bits per heavy atom. The molecule has 1 aromatic rings. The Balaban J connectivity index is 2.12. The maximum atomic E-state index is 5.90. The molecule has 1 aliphatic carbocycles. The summed E-state index contributed by atoms with van der Waals surface area (Å²) in [4.78, 5) is 8.61. The second kappa shape index (κ2) is 4.13. The highest BCUT2D eigenvalue weighted by Gasteiger charge is 2.23. The van der Waals surface area contributed by atoms with Crippen LogP contribution < -0.4 is 5.32 Å². The Hall–Kier alpha value is -0.830. The molecule has 1 heterocycles. The number of nitrogens with zero attached hydrogens (tertiary/aromatic N) is 2. The first-order valence-electron chi connectivity index (χ1n) is 5.05. The van der Waals surface area contributed by atoms with Crippen LogP contribution in [0, 0.1) is 5.92 Å². The van der Waals surface area contributed by atoms with Crippen LogP contribution >= 0.6 is 11.6 Å². The van der Waals surface area contributed by atoms with Crippen molar-refractivity contribution in [1.82, 2.24) is 9.97 Å². The first kappa shape index (κ1) is 9.71. The van der Waals surface area contributed by atoms with Gasteiger partial charge in [0.25, 0.3) is 0 Å². The smallest absolute Gasteiger partial charge is 0.134 e. The minimum atomic E-state index is 0.534. The molecule has 14 heavy (non-hydrogen) atoms. The van der Waals surface area contributed by atoms with E-state index in [0.717, 1.165) is 30.5 Å². The number of rotatable bonds is 4. The van der Waals surface area contributed by atoms with E-state index in [0.29, 0.717) is 5.15 Å². The Kier molecular flexibility index (Phi) is 2.87. The van der Waals surface area contributed by atoms with Crippen LogP contribution in [0.25, 0.3) is 0 Å². The van der Waals surface area contributed by atoms with E-state index < -0.39 is 0 Å². The SMILES string of the molecule is CCNc1cc(Cl)nc(CC2CC2)n1. The van der Waals surface area contributed by atoms with E-state index in [1.807, 2.05) is 6.92 Å². The molecule has 0 aromatic carbocycles. The van der Waals surface area contributed by atoms with Gasteiger partial charge >= 0.3 is 0 Å². The van der Waals surface area contributed by atoms with E-state index in [-0.39, 0.29) is 0 Å². The number of hydrogen-bond acceptors (Lipinski definition) is 3. The van der Waals surface area contributed by atoms with Crippen molar-refractivity contribution in [3.05, 3.63) is 17.0 Å². The van der Waals surface area contributed by atoms with Crippen molar-refractivity contribution >= 4 is 17.4 Å². The first-order chi connectivity index (χ1) is 6.78. The van der Waals surface area contributed by atoms with Gasteiger partial charge in [-0.05, 0) is 25.7 Å². The van der Waals surface area contributed by atoms with Crippen LogP contribution in [-0.4, -0.2) is 16.5 Å². The lowest BCUT2D eigenvalue weighted by Crippen LogP contribution is -2.04. The van der Waals surface area contributed by atoms with Gasteiger partial charge in [-0.25, -0.2) is 9.97 Å². The zero-order valence-corrected chi connectivity index (χ0v) is 9.01. The van der Waals surface area contributed by atoms with E-state index in [4.69, 9.17) is 11.6 Å². The summed E-state index contributed by atoms with van der Waals surface area (Å²) in [5.41, 5.74) is 0. The van der Waals surface area contributed by atoms with Crippen molar-refractivity contribution in [1.29, 1.82) is 0 Å². The van der Waals surface area contributed by atoms with E-state index in [9.17, 15) is 0 Å². The molecular weight excluding hydrogens is 198 g/mol. The van der Waals surface area contributed by atoms with Gasteiger partial charge in [-0.15, -0.1) is 0 Å². The summed E-state index contributed by atoms with van der Waals surface area (Å²) in [5.74, 6) is 2.50. The Bertz CT molecular complexity index is 323. The highest BCUT2D eigenvalue weighted by Crippen LogP contribution is 2.32. The van der Waals surface area contributed by atoms with E-state index in [1.165, 1.54) is 12.8 Å². The van der Waals surface area contributed by atoms with E-state index in [2.05, 4.69) is 15.3 Å². The highest BCUT2D eigenvalue weighted by molar-refractivity contribution is 6.29. The minimum absolute atomic E-state index is 0.534. The van der Waals surface area contributed by atoms with Gasteiger partial charge in [-0.1, -0.05) is 11.6 Å². The molecule has 76 valence electrons. The lowest BCUT2D eigenvalue weighted by atomic mass is 10.3. The molecule has 0 aliphatic heterocycles. The Morgan fingerprint density at radius 2 is 2.29 bits per heavy atom. The summed E-state index contributed by atoms with van der Waals surface area (Å²) in [5, 5.41) is 3.68. The molecule has 1 aromatic heterocycles. The lowest BCUT2D eigenvalue weighted by Gasteiger charge is -2.05. The van der Waals surface area contributed by atoms with Crippen LogP contribution in [0.3, 0.4) is 0 Å². The van der Waals surface area contributed by atoms with E-state index >= 15 is 0 Å². The second-order valence-electron chi connectivity index (χ2n) is 3.67. The third kappa shape index (κ3) is 2.58. The highest BCUT2D eigenvalue weighted by atomic mass is 35.5. The van der Waals surface area contributed by atoms with Crippen molar-refractivity contribution in [3.63, 3.8) is 0 Å². The number of anilines is 1. The zero-order chi connectivity index (χ0) is 9.97. The van der Waals surface area contributed by atoms with Gasteiger partial charge in [0.2, 0.25) is 0 Å². The molecular formula is C10H14ClN3. The van der Waals surface area contributed by atoms with Crippen LogP contribution in [0.2, 0.25) is 5.15 Å². The van der Waals surface area contributed by atoms with Crippen LogP contribution in [0.5, 0.6) is 0 Å². The maximum Gasteiger partial charge on any atom is 0.134 e. The zero-order valence-electron chi connectivity index (χ0n) is 8.26. The molecule has 0 amide bonds. The fraction of sp³-hybridized carbons (Fsp3) is 0.600. The lowest BCUT2D eigenvalue weighted by molar-refractivity contribution is 0.770. The van der Waals surface area contributed by atoms with Crippen molar-refractivity contribution in [2.75, 3.05) is 11.9 Å². The van der Waals surface area contributed by atoms with Crippen LogP contribution in [0.15, 0.2) is 6.07 Å². The molecule has 1 aliphatic rings. The average Bonchev–Trinajstić information content (AvgIpc) is 2.87. The normalized spacial score (nSPS) is 15.6. The van der Waals surface area contributed by atoms with Crippen molar-refractivity contribution < 1.29 is 0 Å². The van der Waals surface area contributed by atoms with Gasteiger partial charge < -0.3 is 5.32 Å². The first-order valence-corrected chi connectivity index (χ1v) is 5.43. The topological polar surface area (TPSA) is 37.8 Å². The van der Waals surface area contributed by atoms with Crippen molar-refractivity contribution in [3.8, 4) is 0 Å². The average molecular weight is 212 g/mol. The maximum absolute atomic E-state index is 5.90. The molecule has 0 bridgehead atoms. The predicted octanol–water partition coefficient (Wildman–Crippen LogP) is 2.51. The molecule has 3 nitrogen and oxygen atoms in total. The second-order valence-corrected chi connectivity index (χ2v) is 4.06. The molecule has 0 radical (unpaired) electrons. The Labute approximate surface area is 88.9 Å². The molecule has 1 saturated carbocycles. The fourth-order valence-electron chi connectivity index (χ4n) is 1.41. The van der Waals surface area contributed by atoms with Crippen LogP contribution in [0.1, 0.15) is 25.6 Å². The fourth-order valence-corrected chi connectivity index (χ4v) is 1.61. The summed E-state index contributed by atoms with van der Waals surface area (Å²) in [6.07, 6.45) is 3.60. The number of hydrogen-bond donors (Lipinski definition) is 1. The van der Waals surface area contributed by atoms with Gasteiger partial charge in [0.05, 0.1) is 0 Å². The molecule has 1 fully saturated rings. The monoisotopic (exact) mass is 211 g/mol. The minimum Gasteiger partial charge on any atom is -0.370 e. The summed E-state index contributed by atoms with van der Waals surface area (Å²) in [6.45, 7) is 2.90. The quantitative estimate of drug-likeness (QED) is 0.778. The molecule has 4 heteroatoms. The summed E-state index contributed by atoms with van der Waals surface area (Å²) in [7, 11) is 0. The van der Waals surface area contributed by atoms with E-state index in [1.54, 1.807) is 6.07 Å². The van der Waals surface area contributed by atoms with Crippen molar-refractivity contribution in [2.45, 2.75) is 26.2 Å². The summed E-state index contributed by atoms with van der Waals surface area (Å²) >= 11 is 5.90. The van der Waals surface area contributed by atoms with Crippen LogP contribution in [-0.2, 0) is 6.42 Å². The van der Waals surface area contributed by atoms with Gasteiger partial charge in [0, 0.05) is 19.0 Å². The standard InChI is InChI=1S/C10H14ClN3/c1-2-12-9-6-8(11)13-10(14-9)5-7-3-4-7/h6-7H,2-5H2,1H3,(H,12,13,14). The van der Waals surface area contributed by atoms with Gasteiger partial charge in [0.15, 0.2) is 0 Å². The molecule has 0 spiro atoms. The molecule has 0 saturated heterocycles. The Morgan fingerprint density at radius 3 is 2.93 bits per heavy atom. The summed E-state index contributed by atoms with van der Waals surface area (Å²) < 4.78 is 0. The summed E-state index contributed by atoms with van der Waals surface area (Å²) in [6, 6.07) is 1.77. The molecule has 0 atom stereocenters. The third-order valence-corrected chi connectivity index (χ3v) is 2.46. The van der Waals surface area contributed by atoms with Gasteiger partial charge in [-0.3, -0.25) is 0 Å². The van der Waals surface area contributed by atoms with Crippen molar-refractivity contribution in [2.24, 2.45) is 5.92 Å². The molecule has 2 rings (SSSR count). The van der Waals surface area contributed by atoms with Gasteiger partial charge in [0.1, 0.15) is 16.8 Å².